The number of nitrogens with zero attached hydrogens (tertiary/aromatic N) is 1. The predicted molar refractivity (Wildman–Crippen MR) is 161 cm³/mol. The van der Waals surface area contributed by atoms with Crippen LogP contribution in [0.25, 0.3) is 0 Å². The van der Waals surface area contributed by atoms with E-state index in [0.29, 0.717) is 24.9 Å². The van der Waals surface area contributed by atoms with Gasteiger partial charge in [0, 0.05) is 28.4 Å². The molecular weight excluding hydrogens is 560 g/mol. The molecule has 0 saturated carbocycles. The lowest BCUT2D eigenvalue weighted by Gasteiger charge is -2.26. The largest absolute Gasteiger partial charge is 0.308 e. The molecule has 0 aliphatic rings. The zero-order valence-electron chi connectivity index (χ0n) is 23.8. The molecule has 0 spiro atoms. The van der Waals surface area contributed by atoms with E-state index in [1.807, 2.05) is 57.2 Å². The van der Waals surface area contributed by atoms with Crippen LogP contribution >= 0.6 is 10.7 Å². The molecule has 1 N–H and O–H groups in total. The van der Waals surface area contributed by atoms with E-state index in [9.17, 15) is 26.4 Å². The molecule has 0 radical (unpaired) electrons. The molecule has 220 valence electrons. The number of halogens is 1. The number of ketones is 2. The van der Waals surface area contributed by atoms with Gasteiger partial charge in [-0.3, -0.25) is 9.59 Å². The Balaban J connectivity index is 0.000000622. The minimum atomic E-state index is -3.36. The average Bonchev–Trinajstić information content (AvgIpc) is 2.89. The van der Waals surface area contributed by atoms with E-state index in [4.69, 9.17) is 10.7 Å². The number of sulfonamides is 1. The van der Waals surface area contributed by atoms with Crippen LogP contribution in [0.1, 0.15) is 75.1 Å². The standard InChI is InChI=1S/C14H21NO3S.C11H15NO.C3H7ClO2S/c1-4-11-19(17,18)15(5-2)12(3)14(16)13-9-7-6-8-10-13;1-3-12-9(2)11(13)10-7-5-4-6-8-10;1-2-3-7(4,5)6/h6-10,12H,4-5,11H2,1-3H3;4-9,12H,3H2,1-2H3;2-3H2,1H3. The lowest BCUT2D eigenvalue weighted by Crippen LogP contribution is -2.44. The molecule has 0 fully saturated rings. The van der Waals surface area contributed by atoms with Crippen molar-refractivity contribution in [2.75, 3.05) is 24.6 Å². The maximum atomic E-state index is 12.3. The van der Waals surface area contributed by atoms with Crippen LogP contribution in [0.5, 0.6) is 0 Å². The highest BCUT2D eigenvalue weighted by atomic mass is 35.7. The van der Waals surface area contributed by atoms with Gasteiger partial charge < -0.3 is 5.32 Å². The molecule has 11 heteroatoms. The molecule has 0 heterocycles. The Bertz CT molecular complexity index is 1190. The van der Waals surface area contributed by atoms with Crippen LogP contribution in [0.3, 0.4) is 0 Å². The van der Waals surface area contributed by atoms with E-state index < -0.39 is 25.1 Å². The van der Waals surface area contributed by atoms with E-state index >= 15 is 0 Å². The first-order valence-corrected chi connectivity index (χ1v) is 17.2. The van der Waals surface area contributed by atoms with Crippen LogP contribution in [0.4, 0.5) is 0 Å². The summed E-state index contributed by atoms with van der Waals surface area (Å²) in [5.41, 5.74) is 1.32. The molecule has 0 aliphatic heterocycles. The second-order valence-electron chi connectivity index (χ2n) is 8.68. The molecule has 2 atom stereocenters. The topological polar surface area (TPSA) is 118 Å². The summed E-state index contributed by atoms with van der Waals surface area (Å²) < 4.78 is 45.5. The van der Waals surface area contributed by atoms with Crippen molar-refractivity contribution in [3.63, 3.8) is 0 Å². The molecule has 2 unspecified atom stereocenters. The zero-order valence-corrected chi connectivity index (χ0v) is 26.2. The summed E-state index contributed by atoms with van der Waals surface area (Å²) in [6.07, 6.45) is 1.14. The van der Waals surface area contributed by atoms with E-state index in [1.165, 1.54) is 4.31 Å². The first-order chi connectivity index (χ1) is 18.2. The normalized spacial score (nSPS) is 12.8. The molecule has 0 amide bonds. The third-order valence-electron chi connectivity index (χ3n) is 5.41. The molecule has 0 aliphatic carbocycles. The van der Waals surface area contributed by atoms with Gasteiger partial charge in [0.2, 0.25) is 19.1 Å². The Hall–Kier alpha value is -2.11. The molecule has 2 rings (SSSR count). The quantitative estimate of drug-likeness (QED) is 0.249. The summed E-state index contributed by atoms with van der Waals surface area (Å²) in [6, 6.07) is 17.4. The SMILES string of the molecule is CCCS(=O)(=O)Cl.CCCS(=O)(=O)N(CC)C(C)C(=O)c1ccccc1.CCNC(C)C(=O)c1ccccc1. The highest BCUT2D eigenvalue weighted by Crippen LogP contribution is 2.14. The molecule has 2 aromatic rings. The average molecular weight is 603 g/mol. The molecule has 2 aromatic carbocycles. The van der Waals surface area contributed by atoms with E-state index in [0.717, 1.165) is 12.1 Å². The lowest BCUT2D eigenvalue weighted by molar-refractivity contribution is 0.0909. The second kappa shape index (κ2) is 19.0. The molecule has 8 nitrogen and oxygen atoms in total. The fourth-order valence-electron chi connectivity index (χ4n) is 3.56. The van der Waals surface area contributed by atoms with Crippen molar-refractivity contribution in [1.29, 1.82) is 0 Å². The second-order valence-corrected chi connectivity index (χ2v) is 13.6. The summed E-state index contributed by atoms with van der Waals surface area (Å²) in [5, 5.41) is 3.09. The summed E-state index contributed by atoms with van der Waals surface area (Å²) in [7, 11) is -1.76. The summed E-state index contributed by atoms with van der Waals surface area (Å²) >= 11 is 0. The Morgan fingerprint density at radius 1 is 0.769 bits per heavy atom. The van der Waals surface area contributed by atoms with Crippen molar-refractivity contribution in [1.82, 2.24) is 9.62 Å². The Kier molecular flexibility index (Phi) is 18.0. The van der Waals surface area contributed by atoms with Crippen LogP contribution < -0.4 is 5.32 Å². The number of Topliss-reactive ketones (excluding diaryl/α,β-unsaturated/α-hetero) is 2. The zero-order chi connectivity index (χ0) is 30.1. The van der Waals surface area contributed by atoms with Crippen molar-refractivity contribution in [3.8, 4) is 0 Å². The van der Waals surface area contributed by atoms with Gasteiger partial charge in [0.05, 0.1) is 23.6 Å². The minimum Gasteiger partial charge on any atom is -0.308 e. The van der Waals surface area contributed by atoms with Crippen LogP contribution in [-0.4, -0.2) is 69.4 Å². The molecule has 0 aromatic heterocycles. The van der Waals surface area contributed by atoms with Gasteiger partial charge in [-0.25, -0.2) is 16.8 Å². The van der Waals surface area contributed by atoms with Crippen LogP contribution in [0, 0.1) is 0 Å². The highest BCUT2D eigenvalue weighted by molar-refractivity contribution is 8.13. The summed E-state index contributed by atoms with van der Waals surface area (Å²) in [6.45, 7) is 12.0. The van der Waals surface area contributed by atoms with Crippen LogP contribution in [0.15, 0.2) is 60.7 Å². The Labute approximate surface area is 239 Å². The van der Waals surface area contributed by atoms with Crippen molar-refractivity contribution >= 4 is 41.3 Å². The minimum absolute atomic E-state index is 0.0766. The fraction of sp³-hybridized carbons (Fsp3) is 0.500. The van der Waals surface area contributed by atoms with Gasteiger partial charge >= 0.3 is 0 Å². The maximum Gasteiger partial charge on any atom is 0.232 e. The summed E-state index contributed by atoms with van der Waals surface area (Å²) in [5.74, 6) is 0.145. The van der Waals surface area contributed by atoms with Crippen molar-refractivity contribution in [3.05, 3.63) is 71.8 Å². The van der Waals surface area contributed by atoms with Crippen molar-refractivity contribution in [2.45, 2.75) is 66.5 Å². The molecular formula is C28H43ClN2O6S2. The van der Waals surface area contributed by atoms with Gasteiger partial charge in [-0.1, -0.05) is 88.4 Å². The van der Waals surface area contributed by atoms with Gasteiger partial charge in [0.15, 0.2) is 11.6 Å². The lowest BCUT2D eigenvalue weighted by atomic mass is 10.1. The van der Waals surface area contributed by atoms with E-state index in [1.54, 1.807) is 45.0 Å². The summed E-state index contributed by atoms with van der Waals surface area (Å²) in [4.78, 5) is 24.0. The fourth-order valence-corrected chi connectivity index (χ4v) is 6.23. The molecule has 0 saturated heterocycles. The maximum absolute atomic E-state index is 12.3. The van der Waals surface area contributed by atoms with E-state index in [-0.39, 0.29) is 29.1 Å². The Morgan fingerprint density at radius 3 is 1.54 bits per heavy atom. The van der Waals surface area contributed by atoms with Gasteiger partial charge in [-0.15, -0.1) is 0 Å². The van der Waals surface area contributed by atoms with Crippen molar-refractivity contribution < 1.29 is 26.4 Å². The number of benzene rings is 2. The van der Waals surface area contributed by atoms with Gasteiger partial charge in [-0.2, -0.15) is 4.31 Å². The van der Waals surface area contributed by atoms with Crippen LogP contribution in [0.2, 0.25) is 0 Å². The number of hydrogen-bond donors (Lipinski definition) is 1. The first-order valence-electron chi connectivity index (χ1n) is 13.1. The first kappa shape index (κ1) is 36.9. The van der Waals surface area contributed by atoms with Gasteiger partial charge in [0.1, 0.15) is 0 Å². The number of likely N-dealkylation sites (N-methyl/N-ethyl adjacent to an activating group) is 2. The monoisotopic (exact) mass is 602 g/mol. The van der Waals surface area contributed by atoms with Crippen molar-refractivity contribution in [2.24, 2.45) is 0 Å². The molecule has 39 heavy (non-hydrogen) atoms. The number of carbonyl (C=O) groups excluding carboxylic acids is 2. The predicted octanol–water partition coefficient (Wildman–Crippen LogP) is 5.15. The number of rotatable bonds is 13. The number of carbonyl (C=O) groups is 2. The highest BCUT2D eigenvalue weighted by Gasteiger charge is 2.30. The molecule has 0 bridgehead atoms. The number of hydrogen-bond acceptors (Lipinski definition) is 7. The van der Waals surface area contributed by atoms with Gasteiger partial charge in [-0.05, 0) is 33.2 Å². The van der Waals surface area contributed by atoms with E-state index in [2.05, 4.69) is 5.32 Å². The number of nitrogens with one attached hydrogen (secondary N) is 1. The Morgan fingerprint density at radius 2 is 1.21 bits per heavy atom. The smallest absolute Gasteiger partial charge is 0.232 e. The van der Waals surface area contributed by atoms with Crippen LogP contribution in [-0.2, 0) is 19.1 Å². The third kappa shape index (κ3) is 14.7. The van der Waals surface area contributed by atoms with Gasteiger partial charge in [0.25, 0.3) is 0 Å². The third-order valence-corrected chi connectivity index (χ3v) is 8.98.